The van der Waals surface area contributed by atoms with Gasteiger partial charge in [0.2, 0.25) is 0 Å². The first-order chi connectivity index (χ1) is 9.58. The topological polar surface area (TPSA) is 78.4 Å². The molecule has 0 aliphatic heterocycles. The van der Waals surface area contributed by atoms with Crippen molar-refractivity contribution in [2.45, 2.75) is 13.2 Å². The number of halogens is 1. The average Bonchev–Trinajstić information content (AvgIpc) is 2.42. The molecule has 0 unspecified atom stereocenters. The van der Waals surface area contributed by atoms with E-state index in [2.05, 4.69) is 15.9 Å². The van der Waals surface area contributed by atoms with Crippen LogP contribution in [-0.4, -0.2) is 4.92 Å². The minimum atomic E-state index is -0.448. The molecule has 5 nitrogen and oxygen atoms in total. The largest absolute Gasteiger partial charge is 0.398 e. The van der Waals surface area contributed by atoms with Crippen molar-refractivity contribution >= 4 is 27.3 Å². The van der Waals surface area contributed by atoms with Gasteiger partial charge in [0.1, 0.15) is 0 Å². The molecule has 2 aromatic rings. The molecule has 0 atom stereocenters. The van der Waals surface area contributed by atoms with Crippen LogP contribution in [0.5, 0.6) is 0 Å². The van der Waals surface area contributed by atoms with Gasteiger partial charge in [-0.3, -0.25) is 10.1 Å². The third-order valence-corrected chi connectivity index (χ3v) is 3.58. The first-order valence-electron chi connectivity index (χ1n) is 5.92. The summed E-state index contributed by atoms with van der Waals surface area (Å²) in [6.07, 6.45) is 0. The maximum atomic E-state index is 10.7. The SMILES string of the molecule is Nc1ccc([N+](=O)[O-])cc1COCc1ccccc1Br. The molecule has 0 aliphatic rings. The van der Waals surface area contributed by atoms with E-state index in [1.807, 2.05) is 24.3 Å². The lowest BCUT2D eigenvalue weighted by Crippen LogP contribution is -2.00. The molecule has 0 heterocycles. The van der Waals surface area contributed by atoms with E-state index in [-0.39, 0.29) is 12.3 Å². The quantitative estimate of drug-likeness (QED) is 0.513. The molecule has 0 spiro atoms. The van der Waals surface area contributed by atoms with Crippen molar-refractivity contribution in [2.75, 3.05) is 5.73 Å². The van der Waals surface area contributed by atoms with Crippen LogP contribution in [0.25, 0.3) is 0 Å². The molecule has 0 amide bonds. The molecule has 104 valence electrons. The van der Waals surface area contributed by atoms with Crippen molar-refractivity contribution in [3.63, 3.8) is 0 Å². The van der Waals surface area contributed by atoms with E-state index in [9.17, 15) is 10.1 Å². The second-order valence-corrected chi connectivity index (χ2v) is 5.08. The molecule has 2 N–H and O–H groups in total. The van der Waals surface area contributed by atoms with Crippen molar-refractivity contribution in [1.82, 2.24) is 0 Å². The number of ether oxygens (including phenoxy) is 1. The number of non-ortho nitro benzene ring substituents is 1. The van der Waals surface area contributed by atoms with Gasteiger partial charge < -0.3 is 10.5 Å². The molecule has 0 saturated heterocycles. The average molecular weight is 337 g/mol. The van der Waals surface area contributed by atoms with Gasteiger partial charge in [0.05, 0.1) is 18.1 Å². The Labute approximate surface area is 124 Å². The highest BCUT2D eigenvalue weighted by Crippen LogP contribution is 2.22. The first-order valence-corrected chi connectivity index (χ1v) is 6.71. The number of hydrogen-bond donors (Lipinski definition) is 1. The number of benzene rings is 2. The zero-order valence-electron chi connectivity index (χ0n) is 10.6. The monoisotopic (exact) mass is 336 g/mol. The highest BCUT2D eigenvalue weighted by Gasteiger charge is 2.09. The maximum Gasteiger partial charge on any atom is 0.269 e. The Hall–Kier alpha value is -1.92. The minimum Gasteiger partial charge on any atom is -0.398 e. The van der Waals surface area contributed by atoms with E-state index in [0.717, 1.165) is 10.0 Å². The second kappa shape index (κ2) is 6.49. The van der Waals surface area contributed by atoms with Gasteiger partial charge in [-0.05, 0) is 17.7 Å². The highest BCUT2D eigenvalue weighted by molar-refractivity contribution is 9.10. The van der Waals surface area contributed by atoms with Crippen LogP contribution in [-0.2, 0) is 18.0 Å². The van der Waals surface area contributed by atoms with Gasteiger partial charge in [-0.25, -0.2) is 0 Å². The summed E-state index contributed by atoms with van der Waals surface area (Å²) in [6.45, 7) is 0.637. The molecular formula is C14H13BrN2O3. The van der Waals surface area contributed by atoms with Crippen molar-refractivity contribution in [2.24, 2.45) is 0 Å². The van der Waals surface area contributed by atoms with Crippen molar-refractivity contribution in [3.8, 4) is 0 Å². The Kier molecular flexibility index (Phi) is 4.70. The summed E-state index contributed by atoms with van der Waals surface area (Å²) in [4.78, 5) is 10.3. The number of nitro benzene ring substituents is 1. The summed E-state index contributed by atoms with van der Waals surface area (Å²) >= 11 is 3.43. The number of nitrogens with two attached hydrogens (primary N) is 1. The summed E-state index contributed by atoms with van der Waals surface area (Å²) in [6, 6.07) is 12.1. The van der Waals surface area contributed by atoms with Crippen LogP contribution < -0.4 is 5.73 Å². The molecule has 0 radical (unpaired) electrons. The number of anilines is 1. The van der Waals surface area contributed by atoms with Crippen LogP contribution in [0.3, 0.4) is 0 Å². The van der Waals surface area contributed by atoms with Gasteiger partial charge in [-0.15, -0.1) is 0 Å². The summed E-state index contributed by atoms with van der Waals surface area (Å²) in [5.74, 6) is 0. The molecule has 2 aromatic carbocycles. The van der Waals surface area contributed by atoms with Crippen LogP contribution in [0.15, 0.2) is 46.9 Å². The zero-order chi connectivity index (χ0) is 14.5. The van der Waals surface area contributed by atoms with Gasteiger partial charge in [-0.2, -0.15) is 0 Å². The molecule has 0 fully saturated rings. The first kappa shape index (κ1) is 14.5. The third kappa shape index (κ3) is 3.55. The summed E-state index contributed by atoms with van der Waals surface area (Å²) in [7, 11) is 0. The van der Waals surface area contributed by atoms with E-state index in [4.69, 9.17) is 10.5 Å². The number of rotatable bonds is 5. The molecule has 2 rings (SSSR count). The Morgan fingerprint density at radius 1 is 1.15 bits per heavy atom. The van der Waals surface area contributed by atoms with Crippen LogP contribution in [0, 0.1) is 10.1 Å². The van der Waals surface area contributed by atoms with Crippen LogP contribution in [0.4, 0.5) is 11.4 Å². The number of hydrogen-bond acceptors (Lipinski definition) is 4. The molecule has 0 aliphatic carbocycles. The fraction of sp³-hybridized carbons (Fsp3) is 0.143. The second-order valence-electron chi connectivity index (χ2n) is 4.22. The van der Waals surface area contributed by atoms with Crippen molar-refractivity contribution in [3.05, 3.63) is 68.2 Å². The zero-order valence-corrected chi connectivity index (χ0v) is 12.2. The van der Waals surface area contributed by atoms with Gasteiger partial charge >= 0.3 is 0 Å². The summed E-state index contributed by atoms with van der Waals surface area (Å²) in [5.41, 5.74) is 7.92. The highest BCUT2D eigenvalue weighted by atomic mass is 79.9. The van der Waals surface area contributed by atoms with Gasteiger partial charge in [-0.1, -0.05) is 34.1 Å². The molecular weight excluding hydrogens is 324 g/mol. The van der Waals surface area contributed by atoms with E-state index in [0.29, 0.717) is 17.9 Å². The lowest BCUT2D eigenvalue weighted by molar-refractivity contribution is -0.384. The minimum absolute atomic E-state index is 0.0127. The Morgan fingerprint density at radius 2 is 1.85 bits per heavy atom. The fourth-order valence-electron chi connectivity index (χ4n) is 1.72. The molecule has 20 heavy (non-hydrogen) atoms. The van der Waals surface area contributed by atoms with Crippen molar-refractivity contribution < 1.29 is 9.66 Å². The Morgan fingerprint density at radius 3 is 2.55 bits per heavy atom. The van der Waals surface area contributed by atoms with Gasteiger partial charge in [0, 0.05) is 27.9 Å². The lowest BCUT2D eigenvalue weighted by atomic mass is 10.1. The van der Waals surface area contributed by atoms with Gasteiger partial charge in [0.25, 0.3) is 5.69 Å². The molecule has 6 heteroatoms. The normalized spacial score (nSPS) is 10.4. The summed E-state index contributed by atoms with van der Waals surface area (Å²) in [5, 5.41) is 10.7. The predicted molar refractivity (Wildman–Crippen MR) is 80.1 cm³/mol. The Bertz CT molecular complexity index is 632. The van der Waals surface area contributed by atoms with E-state index >= 15 is 0 Å². The number of nitrogens with zero attached hydrogens (tertiary/aromatic N) is 1. The van der Waals surface area contributed by atoms with Gasteiger partial charge in [0.15, 0.2) is 0 Å². The van der Waals surface area contributed by atoms with Crippen molar-refractivity contribution in [1.29, 1.82) is 0 Å². The predicted octanol–water partition coefficient (Wildman–Crippen LogP) is 3.66. The molecule has 0 bridgehead atoms. The Balaban J connectivity index is 2.02. The van der Waals surface area contributed by atoms with Crippen LogP contribution in [0.1, 0.15) is 11.1 Å². The van der Waals surface area contributed by atoms with Crippen LogP contribution in [0.2, 0.25) is 0 Å². The fourth-order valence-corrected chi connectivity index (χ4v) is 2.12. The number of nitro groups is 1. The van der Waals surface area contributed by atoms with E-state index in [1.165, 1.54) is 18.2 Å². The van der Waals surface area contributed by atoms with Crippen LogP contribution >= 0.6 is 15.9 Å². The number of nitrogen functional groups attached to an aromatic ring is 1. The molecule has 0 saturated carbocycles. The molecule has 0 aromatic heterocycles. The summed E-state index contributed by atoms with van der Waals surface area (Å²) < 4.78 is 6.53. The lowest BCUT2D eigenvalue weighted by Gasteiger charge is -2.08. The van der Waals surface area contributed by atoms with E-state index < -0.39 is 4.92 Å². The maximum absolute atomic E-state index is 10.7. The standard InChI is InChI=1S/C14H13BrN2O3/c15-13-4-2-1-3-10(13)8-20-9-11-7-12(17(18)19)5-6-14(11)16/h1-7H,8-9,16H2. The van der Waals surface area contributed by atoms with E-state index in [1.54, 1.807) is 0 Å². The third-order valence-electron chi connectivity index (χ3n) is 2.81. The smallest absolute Gasteiger partial charge is 0.269 e.